The molecule has 3 aromatic carbocycles. The van der Waals surface area contributed by atoms with Crippen LogP contribution in [0.4, 0.5) is 0 Å². The lowest BCUT2D eigenvalue weighted by Gasteiger charge is -2.25. The zero-order chi connectivity index (χ0) is 25.9. The van der Waals surface area contributed by atoms with Crippen molar-refractivity contribution in [3.05, 3.63) is 89.0 Å². The molecule has 1 amide bonds. The molecule has 3 aromatic rings. The number of fused-ring (bicyclic) bond motifs is 1. The molecule has 0 radical (unpaired) electrons. The summed E-state index contributed by atoms with van der Waals surface area (Å²) in [7, 11) is 3.13. The highest BCUT2D eigenvalue weighted by molar-refractivity contribution is 6.46. The molecule has 37 heavy (non-hydrogen) atoms. The molecule has 1 saturated heterocycles. The van der Waals surface area contributed by atoms with Crippen LogP contribution >= 0.6 is 0 Å². The van der Waals surface area contributed by atoms with Crippen LogP contribution in [0.1, 0.15) is 22.7 Å². The van der Waals surface area contributed by atoms with E-state index in [1.807, 2.05) is 0 Å². The van der Waals surface area contributed by atoms with E-state index in [1.165, 1.54) is 4.90 Å². The first-order chi connectivity index (χ1) is 18.0. The fourth-order valence-corrected chi connectivity index (χ4v) is 4.69. The first-order valence-electron chi connectivity index (χ1n) is 12.0. The van der Waals surface area contributed by atoms with Crippen molar-refractivity contribution in [3.63, 3.8) is 0 Å². The summed E-state index contributed by atoms with van der Waals surface area (Å²) in [5.74, 6) is 0.984. The summed E-state index contributed by atoms with van der Waals surface area (Å²) in [4.78, 5) is 27.9. The molecule has 1 atom stereocenters. The van der Waals surface area contributed by atoms with Crippen LogP contribution in [0.25, 0.3) is 5.76 Å². The van der Waals surface area contributed by atoms with Gasteiger partial charge in [0.15, 0.2) is 0 Å². The van der Waals surface area contributed by atoms with Gasteiger partial charge in [0.1, 0.15) is 35.4 Å². The highest BCUT2D eigenvalue weighted by atomic mass is 16.5. The Balaban J connectivity index is 1.49. The van der Waals surface area contributed by atoms with Crippen molar-refractivity contribution < 1.29 is 33.6 Å². The molecule has 5 rings (SSSR count). The molecule has 8 nitrogen and oxygen atoms in total. The summed E-state index contributed by atoms with van der Waals surface area (Å²) in [5.41, 5.74) is 2.09. The number of ketones is 1. The fraction of sp³-hybridized carbons (Fsp3) is 0.241. The average Bonchev–Trinajstić information content (AvgIpc) is 3.51. The number of rotatable bonds is 8. The van der Waals surface area contributed by atoms with Gasteiger partial charge in [-0.15, -0.1) is 0 Å². The molecule has 0 saturated carbocycles. The quantitative estimate of drug-likeness (QED) is 0.282. The second-order valence-corrected chi connectivity index (χ2v) is 8.71. The Bertz CT molecular complexity index is 1360. The van der Waals surface area contributed by atoms with E-state index in [1.54, 1.807) is 80.9 Å². The van der Waals surface area contributed by atoms with Crippen LogP contribution < -0.4 is 18.9 Å². The van der Waals surface area contributed by atoms with E-state index < -0.39 is 17.7 Å². The maximum Gasteiger partial charge on any atom is 0.295 e. The molecule has 1 N–H and O–H groups in total. The third-order valence-electron chi connectivity index (χ3n) is 6.57. The maximum atomic E-state index is 13.3. The minimum Gasteiger partial charge on any atom is -0.507 e. The van der Waals surface area contributed by atoms with Crippen molar-refractivity contribution in [2.24, 2.45) is 0 Å². The number of ether oxygens (including phenoxy) is 4. The number of carbonyl (C=O) groups is 2. The van der Waals surface area contributed by atoms with E-state index in [-0.39, 0.29) is 24.5 Å². The Morgan fingerprint density at radius 2 is 1.73 bits per heavy atom. The van der Waals surface area contributed by atoms with Gasteiger partial charge in [0.05, 0.1) is 39.0 Å². The summed E-state index contributed by atoms with van der Waals surface area (Å²) in [6.45, 7) is 0.852. The second-order valence-electron chi connectivity index (χ2n) is 8.71. The van der Waals surface area contributed by atoms with E-state index in [4.69, 9.17) is 18.9 Å². The van der Waals surface area contributed by atoms with Gasteiger partial charge in [0.2, 0.25) is 0 Å². The second kappa shape index (κ2) is 10.3. The van der Waals surface area contributed by atoms with Gasteiger partial charge >= 0.3 is 0 Å². The van der Waals surface area contributed by atoms with Crippen molar-refractivity contribution in [1.29, 1.82) is 0 Å². The Labute approximate surface area is 214 Å². The Hall–Kier alpha value is -4.46. The fourth-order valence-electron chi connectivity index (χ4n) is 4.69. The Morgan fingerprint density at radius 1 is 0.973 bits per heavy atom. The number of likely N-dealkylation sites (tertiary alicyclic amines) is 1. The standard InChI is InChI=1S/C29H27NO7/c1-34-21-7-9-22(10-8-21)36-15-13-30-26(19-4-3-5-23(17-19)35-2)25(28(32)29(30)33)27(31)20-6-11-24-18(16-20)12-14-37-24/h3-11,16-17,26,31H,12-15H2,1-2H3/b27-25-. The summed E-state index contributed by atoms with van der Waals surface area (Å²) < 4.78 is 21.9. The molecule has 0 aromatic heterocycles. The van der Waals surface area contributed by atoms with E-state index >= 15 is 0 Å². The predicted octanol–water partition coefficient (Wildman–Crippen LogP) is 4.14. The van der Waals surface area contributed by atoms with Gasteiger partial charge in [-0.3, -0.25) is 9.59 Å². The molecule has 2 aliphatic rings. The van der Waals surface area contributed by atoms with Crippen LogP contribution in [-0.2, 0) is 16.0 Å². The van der Waals surface area contributed by atoms with Crippen LogP contribution in [-0.4, -0.2) is 55.7 Å². The lowest BCUT2D eigenvalue weighted by molar-refractivity contribution is -0.140. The molecule has 2 heterocycles. The number of hydrogen-bond acceptors (Lipinski definition) is 7. The number of amides is 1. The lowest BCUT2D eigenvalue weighted by Crippen LogP contribution is -2.33. The third kappa shape index (κ3) is 4.70. The number of hydrogen-bond donors (Lipinski definition) is 1. The molecule has 1 fully saturated rings. The summed E-state index contributed by atoms with van der Waals surface area (Å²) in [6, 6.07) is 18.7. The van der Waals surface area contributed by atoms with Crippen molar-refractivity contribution >= 4 is 17.4 Å². The van der Waals surface area contributed by atoms with Crippen molar-refractivity contribution in [1.82, 2.24) is 4.90 Å². The smallest absolute Gasteiger partial charge is 0.295 e. The molecule has 0 aliphatic carbocycles. The van der Waals surface area contributed by atoms with Crippen LogP contribution in [0.5, 0.6) is 23.0 Å². The molecule has 0 spiro atoms. The highest BCUT2D eigenvalue weighted by Crippen LogP contribution is 2.41. The van der Waals surface area contributed by atoms with Gasteiger partial charge < -0.3 is 29.0 Å². The van der Waals surface area contributed by atoms with Crippen molar-refractivity contribution in [3.8, 4) is 23.0 Å². The van der Waals surface area contributed by atoms with Crippen LogP contribution in [0, 0.1) is 0 Å². The SMILES string of the molecule is COc1ccc(OCCN2C(=O)C(=O)/C(=C(\O)c3ccc4c(c3)CCO4)C2c2cccc(OC)c2)cc1. The summed E-state index contributed by atoms with van der Waals surface area (Å²) >= 11 is 0. The van der Waals surface area contributed by atoms with Crippen LogP contribution in [0.15, 0.2) is 72.3 Å². The van der Waals surface area contributed by atoms with Gasteiger partial charge in [-0.1, -0.05) is 12.1 Å². The van der Waals surface area contributed by atoms with Gasteiger partial charge in [0.25, 0.3) is 11.7 Å². The van der Waals surface area contributed by atoms with E-state index in [9.17, 15) is 14.7 Å². The van der Waals surface area contributed by atoms with E-state index in [0.29, 0.717) is 41.4 Å². The zero-order valence-corrected chi connectivity index (χ0v) is 20.6. The number of aliphatic hydroxyl groups excluding tert-OH is 1. The number of methoxy groups -OCH3 is 2. The summed E-state index contributed by atoms with van der Waals surface area (Å²) in [5, 5.41) is 11.3. The molecular formula is C29H27NO7. The minimum atomic E-state index is -0.806. The topological polar surface area (TPSA) is 94.5 Å². The van der Waals surface area contributed by atoms with Gasteiger partial charge in [-0.25, -0.2) is 0 Å². The third-order valence-corrected chi connectivity index (χ3v) is 6.57. The normalized spacial score (nSPS) is 17.9. The van der Waals surface area contributed by atoms with E-state index in [2.05, 4.69) is 0 Å². The molecule has 2 aliphatic heterocycles. The highest BCUT2D eigenvalue weighted by Gasteiger charge is 2.46. The van der Waals surface area contributed by atoms with Gasteiger partial charge in [-0.2, -0.15) is 0 Å². The Morgan fingerprint density at radius 3 is 2.49 bits per heavy atom. The lowest BCUT2D eigenvalue weighted by atomic mass is 9.94. The molecular weight excluding hydrogens is 474 g/mol. The van der Waals surface area contributed by atoms with E-state index in [0.717, 1.165) is 11.3 Å². The first-order valence-corrected chi connectivity index (χ1v) is 12.0. The summed E-state index contributed by atoms with van der Waals surface area (Å²) in [6.07, 6.45) is 0.715. The molecule has 8 heteroatoms. The molecule has 190 valence electrons. The number of aliphatic hydroxyl groups is 1. The Kier molecular flexibility index (Phi) is 6.72. The van der Waals surface area contributed by atoms with Gasteiger partial charge in [0, 0.05) is 12.0 Å². The number of benzene rings is 3. The van der Waals surface area contributed by atoms with Crippen molar-refractivity contribution in [2.75, 3.05) is 34.0 Å². The van der Waals surface area contributed by atoms with Gasteiger partial charge in [-0.05, 0) is 65.7 Å². The largest absolute Gasteiger partial charge is 0.507 e. The first kappa shape index (κ1) is 24.2. The molecule has 0 bridgehead atoms. The average molecular weight is 502 g/mol. The monoisotopic (exact) mass is 501 g/mol. The number of carbonyl (C=O) groups excluding carboxylic acids is 2. The zero-order valence-electron chi connectivity index (χ0n) is 20.6. The predicted molar refractivity (Wildman–Crippen MR) is 136 cm³/mol. The maximum absolute atomic E-state index is 13.3. The molecule has 1 unspecified atom stereocenters. The van der Waals surface area contributed by atoms with Crippen molar-refractivity contribution in [2.45, 2.75) is 12.5 Å². The minimum absolute atomic E-state index is 0.0292. The number of nitrogens with zero attached hydrogens (tertiary/aromatic N) is 1. The van der Waals surface area contributed by atoms with Crippen LogP contribution in [0.2, 0.25) is 0 Å². The number of Topliss-reactive ketones (excluding diaryl/α,β-unsaturated/α-hetero) is 1. The van der Waals surface area contributed by atoms with Crippen LogP contribution in [0.3, 0.4) is 0 Å².